The second-order valence-electron chi connectivity index (χ2n) is 3.23. The van der Waals surface area contributed by atoms with Gasteiger partial charge in [-0.25, -0.2) is 4.79 Å². The van der Waals surface area contributed by atoms with Crippen molar-refractivity contribution in [1.29, 1.82) is 0 Å². The normalized spacial score (nSPS) is 27.4. The van der Waals surface area contributed by atoms with E-state index >= 15 is 0 Å². The summed E-state index contributed by atoms with van der Waals surface area (Å²) in [6, 6.07) is 0. The molecule has 0 aliphatic carbocycles. The van der Waals surface area contributed by atoms with Crippen LogP contribution in [0.15, 0.2) is 0 Å². The Morgan fingerprint density at radius 3 is 2.50 bits per heavy atom. The van der Waals surface area contributed by atoms with Crippen LogP contribution in [0.3, 0.4) is 0 Å². The molecule has 0 aromatic carbocycles. The smallest absolute Gasteiger partial charge is 0.409 e. The Balaban J connectivity index is 2.63. The van der Waals surface area contributed by atoms with Gasteiger partial charge in [0.25, 0.3) is 0 Å². The van der Waals surface area contributed by atoms with Gasteiger partial charge in [-0.15, -0.1) is 0 Å². The first-order chi connectivity index (χ1) is 6.56. The molecule has 0 radical (unpaired) electrons. The molecule has 1 aliphatic heterocycles. The van der Waals surface area contributed by atoms with E-state index in [1.807, 2.05) is 0 Å². The Kier molecular flexibility index (Phi) is 3.29. The molecule has 0 spiro atoms. The van der Waals surface area contributed by atoms with Crippen LogP contribution in [0.2, 0.25) is 0 Å². The summed E-state index contributed by atoms with van der Waals surface area (Å²) in [5, 5.41) is 17.5. The van der Waals surface area contributed by atoms with Crippen molar-refractivity contribution in [3.05, 3.63) is 0 Å². The molecule has 1 aliphatic rings. The number of methoxy groups -OCH3 is 1. The molecule has 2 N–H and O–H groups in total. The fourth-order valence-electron chi connectivity index (χ4n) is 1.59. The fourth-order valence-corrected chi connectivity index (χ4v) is 1.59. The Hall–Kier alpha value is -1.30. The molecule has 1 fully saturated rings. The first-order valence-corrected chi connectivity index (χ1v) is 4.31. The first kappa shape index (κ1) is 10.8. The van der Waals surface area contributed by atoms with E-state index in [9.17, 15) is 9.59 Å². The number of aliphatic carboxylic acids is 1. The number of hydrogen-bond donors (Lipinski definition) is 2. The molecule has 0 bridgehead atoms. The van der Waals surface area contributed by atoms with E-state index in [1.165, 1.54) is 7.11 Å². The van der Waals surface area contributed by atoms with Gasteiger partial charge in [0.05, 0.1) is 5.92 Å². The monoisotopic (exact) mass is 203 g/mol. The average molecular weight is 203 g/mol. The van der Waals surface area contributed by atoms with Crippen molar-refractivity contribution in [2.75, 3.05) is 13.7 Å². The highest BCUT2D eigenvalue weighted by atomic mass is 16.5. The Bertz CT molecular complexity index is 242. The van der Waals surface area contributed by atoms with Crippen molar-refractivity contribution in [1.82, 2.24) is 4.90 Å². The standard InChI is InChI=1S/C8H13NO5/c1-14-6-4-5(7(10)11)2-3-9(6)8(12)13/h5-6H,2-4H2,1H3,(H,10,11)(H,12,13)/t5?,6-/m1/s1. The highest BCUT2D eigenvalue weighted by molar-refractivity contribution is 5.71. The third kappa shape index (κ3) is 2.14. The number of carboxylic acids is 1. The van der Waals surface area contributed by atoms with Crippen LogP contribution >= 0.6 is 0 Å². The molecule has 0 aromatic heterocycles. The number of carboxylic acid groups (broad SMARTS) is 2. The third-order valence-corrected chi connectivity index (χ3v) is 2.42. The van der Waals surface area contributed by atoms with Gasteiger partial charge >= 0.3 is 12.1 Å². The lowest BCUT2D eigenvalue weighted by molar-refractivity contribution is -0.148. The van der Waals surface area contributed by atoms with Crippen LogP contribution in [-0.2, 0) is 9.53 Å². The summed E-state index contributed by atoms with van der Waals surface area (Å²) in [4.78, 5) is 22.5. The largest absolute Gasteiger partial charge is 0.481 e. The molecule has 6 heteroatoms. The Morgan fingerprint density at radius 1 is 1.43 bits per heavy atom. The SMILES string of the molecule is CO[C@@H]1CC(C(=O)O)CCN1C(=O)O. The molecule has 2 atom stereocenters. The number of rotatable bonds is 2. The summed E-state index contributed by atoms with van der Waals surface area (Å²) in [7, 11) is 1.38. The zero-order valence-corrected chi connectivity index (χ0v) is 7.84. The van der Waals surface area contributed by atoms with Crippen molar-refractivity contribution in [2.24, 2.45) is 5.92 Å². The van der Waals surface area contributed by atoms with Gasteiger partial charge in [0, 0.05) is 20.1 Å². The van der Waals surface area contributed by atoms with Crippen molar-refractivity contribution >= 4 is 12.1 Å². The van der Waals surface area contributed by atoms with E-state index in [4.69, 9.17) is 14.9 Å². The predicted octanol–water partition coefficient (Wildman–Crippen LogP) is 0.434. The second kappa shape index (κ2) is 4.28. The van der Waals surface area contributed by atoms with Crippen LogP contribution in [0.4, 0.5) is 4.79 Å². The summed E-state index contributed by atoms with van der Waals surface area (Å²) < 4.78 is 4.93. The van der Waals surface area contributed by atoms with Gasteiger partial charge in [-0.1, -0.05) is 0 Å². The molecule has 14 heavy (non-hydrogen) atoms. The zero-order chi connectivity index (χ0) is 10.7. The number of nitrogens with zero attached hydrogens (tertiary/aromatic N) is 1. The van der Waals surface area contributed by atoms with Gasteiger partial charge in [-0.3, -0.25) is 9.69 Å². The predicted molar refractivity (Wildman–Crippen MR) is 45.9 cm³/mol. The molecule has 1 saturated heterocycles. The highest BCUT2D eigenvalue weighted by Gasteiger charge is 2.34. The molecule has 6 nitrogen and oxygen atoms in total. The van der Waals surface area contributed by atoms with Gasteiger partial charge in [-0.2, -0.15) is 0 Å². The van der Waals surface area contributed by atoms with Crippen LogP contribution in [0, 0.1) is 5.92 Å². The van der Waals surface area contributed by atoms with Gasteiger partial charge < -0.3 is 14.9 Å². The second-order valence-corrected chi connectivity index (χ2v) is 3.23. The van der Waals surface area contributed by atoms with E-state index < -0.39 is 24.2 Å². The maximum atomic E-state index is 10.7. The number of amides is 1. The minimum atomic E-state index is -1.07. The molecular formula is C8H13NO5. The van der Waals surface area contributed by atoms with Crippen LogP contribution in [-0.4, -0.2) is 47.1 Å². The molecular weight excluding hydrogens is 190 g/mol. The number of carbonyl (C=O) groups is 2. The van der Waals surface area contributed by atoms with E-state index in [1.54, 1.807) is 0 Å². The van der Waals surface area contributed by atoms with Gasteiger partial charge in [0.15, 0.2) is 0 Å². The molecule has 80 valence electrons. The average Bonchev–Trinajstić information content (AvgIpc) is 2.16. The quantitative estimate of drug-likeness (QED) is 0.679. The van der Waals surface area contributed by atoms with Crippen molar-refractivity contribution in [3.8, 4) is 0 Å². The number of piperidine rings is 1. The van der Waals surface area contributed by atoms with Crippen LogP contribution in [0.1, 0.15) is 12.8 Å². The maximum absolute atomic E-state index is 10.7. The molecule has 0 aromatic rings. The lowest BCUT2D eigenvalue weighted by Crippen LogP contribution is -2.47. The molecule has 1 unspecified atom stereocenters. The third-order valence-electron chi connectivity index (χ3n) is 2.42. The van der Waals surface area contributed by atoms with Gasteiger partial charge in [0.2, 0.25) is 0 Å². The first-order valence-electron chi connectivity index (χ1n) is 4.31. The summed E-state index contributed by atoms with van der Waals surface area (Å²) in [6.45, 7) is 0.213. The molecule has 1 amide bonds. The van der Waals surface area contributed by atoms with Gasteiger partial charge in [0.1, 0.15) is 6.23 Å². The van der Waals surface area contributed by atoms with Crippen molar-refractivity contribution < 1.29 is 24.5 Å². The van der Waals surface area contributed by atoms with Crippen molar-refractivity contribution in [3.63, 3.8) is 0 Å². The topological polar surface area (TPSA) is 87.1 Å². The molecule has 1 rings (SSSR count). The minimum Gasteiger partial charge on any atom is -0.481 e. The number of likely N-dealkylation sites (tertiary alicyclic amines) is 1. The summed E-state index contributed by atoms with van der Waals surface area (Å²) in [6.07, 6.45) is -1.14. The highest BCUT2D eigenvalue weighted by Crippen LogP contribution is 2.23. The lowest BCUT2D eigenvalue weighted by atomic mass is 9.96. The molecule has 1 heterocycles. The minimum absolute atomic E-state index is 0.213. The fraction of sp³-hybridized carbons (Fsp3) is 0.750. The van der Waals surface area contributed by atoms with Crippen LogP contribution < -0.4 is 0 Å². The maximum Gasteiger partial charge on any atom is 0.409 e. The van der Waals surface area contributed by atoms with Crippen LogP contribution in [0.25, 0.3) is 0 Å². The van der Waals surface area contributed by atoms with Crippen LogP contribution in [0.5, 0.6) is 0 Å². The van der Waals surface area contributed by atoms with Gasteiger partial charge in [-0.05, 0) is 6.42 Å². The van der Waals surface area contributed by atoms with E-state index in [0.29, 0.717) is 6.42 Å². The molecule has 0 saturated carbocycles. The Morgan fingerprint density at radius 2 is 2.07 bits per heavy atom. The summed E-state index contributed by atoms with van der Waals surface area (Å²) >= 11 is 0. The zero-order valence-electron chi connectivity index (χ0n) is 7.84. The number of ether oxygens (including phenoxy) is 1. The summed E-state index contributed by atoms with van der Waals surface area (Å²) in [5.74, 6) is -1.40. The number of hydrogen-bond acceptors (Lipinski definition) is 3. The van der Waals surface area contributed by atoms with E-state index in [2.05, 4.69) is 0 Å². The Labute approximate surface area is 81.1 Å². The lowest BCUT2D eigenvalue weighted by Gasteiger charge is -2.34. The van der Waals surface area contributed by atoms with E-state index in [-0.39, 0.29) is 13.0 Å². The summed E-state index contributed by atoms with van der Waals surface area (Å²) in [5.41, 5.74) is 0. The van der Waals surface area contributed by atoms with E-state index in [0.717, 1.165) is 4.90 Å². The van der Waals surface area contributed by atoms with Crippen molar-refractivity contribution in [2.45, 2.75) is 19.1 Å².